The summed E-state index contributed by atoms with van der Waals surface area (Å²) >= 11 is 0. The van der Waals surface area contributed by atoms with Crippen LogP contribution in [-0.2, 0) is 0 Å². The highest BCUT2D eigenvalue weighted by Gasteiger charge is 2.53. The lowest BCUT2D eigenvalue weighted by Gasteiger charge is -2.58. The minimum Gasteiger partial charge on any atom is -0.391 e. The second-order valence-corrected chi connectivity index (χ2v) is 8.16. The molecule has 4 saturated carbocycles. The second kappa shape index (κ2) is 6.03. The highest BCUT2D eigenvalue weighted by Crippen LogP contribution is 2.61. The van der Waals surface area contributed by atoms with Crippen LogP contribution in [0.2, 0.25) is 0 Å². The van der Waals surface area contributed by atoms with Gasteiger partial charge in [-0.25, -0.2) is 4.98 Å². The number of hydrogen-bond donors (Lipinski definition) is 3. The number of nitrogens with zero attached hydrogens (tertiary/aromatic N) is 1. The first-order valence-electron chi connectivity index (χ1n) is 9.19. The molecule has 5 nitrogen and oxygen atoms in total. The van der Waals surface area contributed by atoms with Gasteiger partial charge in [-0.2, -0.15) is 0 Å². The highest BCUT2D eigenvalue weighted by atomic mass is 16.3. The normalized spacial score (nSPS) is 34.8. The van der Waals surface area contributed by atoms with Crippen LogP contribution in [0.15, 0.2) is 18.2 Å². The summed E-state index contributed by atoms with van der Waals surface area (Å²) in [4.78, 5) is 16.0. The smallest absolute Gasteiger partial charge is 0.269 e. The molecule has 1 unspecified atom stereocenters. The van der Waals surface area contributed by atoms with Gasteiger partial charge >= 0.3 is 0 Å². The van der Waals surface area contributed by atoms with E-state index in [1.807, 2.05) is 12.1 Å². The summed E-state index contributed by atoms with van der Waals surface area (Å²) in [6.07, 6.45) is 7.38. The van der Waals surface area contributed by atoms with E-state index >= 15 is 0 Å². The SMILES string of the molecule is CNC(=O)c1cccc(NCC(O)C23CC4CC(CC(C4)C2)C3)n1. The fraction of sp³-hybridized carbons (Fsp3) is 0.684. The molecule has 1 heterocycles. The van der Waals surface area contributed by atoms with Crippen LogP contribution >= 0.6 is 0 Å². The van der Waals surface area contributed by atoms with Gasteiger partial charge in [0.2, 0.25) is 0 Å². The van der Waals surface area contributed by atoms with Crippen molar-refractivity contribution in [1.82, 2.24) is 10.3 Å². The van der Waals surface area contributed by atoms with Crippen LogP contribution in [0.1, 0.15) is 49.0 Å². The molecule has 4 aliphatic rings. The fourth-order valence-electron chi connectivity index (χ4n) is 5.79. The van der Waals surface area contributed by atoms with E-state index in [4.69, 9.17) is 0 Å². The van der Waals surface area contributed by atoms with Gasteiger partial charge in [-0.3, -0.25) is 4.79 Å². The molecule has 0 aliphatic heterocycles. The van der Waals surface area contributed by atoms with Crippen molar-refractivity contribution in [1.29, 1.82) is 0 Å². The number of aliphatic hydroxyl groups is 1. The fourth-order valence-corrected chi connectivity index (χ4v) is 5.79. The summed E-state index contributed by atoms with van der Waals surface area (Å²) < 4.78 is 0. The average molecular weight is 329 g/mol. The molecule has 0 aromatic carbocycles. The lowest BCUT2D eigenvalue weighted by atomic mass is 9.48. The van der Waals surface area contributed by atoms with E-state index in [1.165, 1.54) is 38.5 Å². The lowest BCUT2D eigenvalue weighted by Crippen LogP contribution is -2.53. The second-order valence-electron chi connectivity index (χ2n) is 8.16. The molecule has 3 N–H and O–H groups in total. The first kappa shape index (κ1) is 15.9. The van der Waals surface area contributed by atoms with Gasteiger partial charge in [0.15, 0.2) is 0 Å². The number of carbonyl (C=O) groups excluding carboxylic acids is 1. The van der Waals surface area contributed by atoms with Crippen molar-refractivity contribution in [2.75, 3.05) is 18.9 Å². The summed E-state index contributed by atoms with van der Waals surface area (Å²) in [6, 6.07) is 5.36. The van der Waals surface area contributed by atoms with Crippen molar-refractivity contribution in [3.8, 4) is 0 Å². The Hall–Kier alpha value is -1.62. The van der Waals surface area contributed by atoms with Crippen LogP contribution < -0.4 is 10.6 Å². The molecule has 0 spiro atoms. The number of aliphatic hydroxyl groups excluding tert-OH is 1. The number of rotatable bonds is 5. The van der Waals surface area contributed by atoms with Crippen molar-refractivity contribution in [2.45, 2.75) is 44.6 Å². The molecule has 4 aliphatic carbocycles. The Labute approximate surface area is 143 Å². The van der Waals surface area contributed by atoms with Crippen LogP contribution in [0.25, 0.3) is 0 Å². The Kier molecular flexibility index (Phi) is 3.99. The molecule has 24 heavy (non-hydrogen) atoms. The van der Waals surface area contributed by atoms with E-state index in [2.05, 4.69) is 15.6 Å². The third-order valence-corrected chi connectivity index (χ3v) is 6.48. The van der Waals surface area contributed by atoms with Crippen molar-refractivity contribution in [2.24, 2.45) is 23.2 Å². The molecular formula is C19H27N3O2. The van der Waals surface area contributed by atoms with Crippen molar-refractivity contribution < 1.29 is 9.90 Å². The van der Waals surface area contributed by atoms with Gasteiger partial charge < -0.3 is 15.7 Å². The number of hydrogen-bond acceptors (Lipinski definition) is 4. The van der Waals surface area contributed by atoms with Crippen molar-refractivity contribution >= 4 is 11.7 Å². The number of anilines is 1. The molecule has 4 fully saturated rings. The van der Waals surface area contributed by atoms with Gasteiger partial charge in [-0.15, -0.1) is 0 Å². The zero-order valence-electron chi connectivity index (χ0n) is 14.3. The van der Waals surface area contributed by atoms with E-state index in [0.717, 1.165) is 17.8 Å². The molecule has 130 valence electrons. The van der Waals surface area contributed by atoms with Crippen LogP contribution in [0.5, 0.6) is 0 Å². The van der Waals surface area contributed by atoms with Gasteiger partial charge in [-0.05, 0) is 73.8 Å². The largest absolute Gasteiger partial charge is 0.391 e. The molecule has 0 saturated heterocycles. The lowest BCUT2D eigenvalue weighted by molar-refractivity contribution is -0.115. The van der Waals surface area contributed by atoms with Gasteiger partial charge in [-0.1, -0.05) is 6.07 Å². The maximum Gasteiger partial charge on any atom is 0.269 e. The van der Waals surface area contributed by atoms with E-state index < -0.39 is 0 Å². The number of nitrogens with one attached hydrogen (secondary N) is 2. The minimum atomic E-state index is -0.337. The molecule has 1 aromatic rings. The summed E-state index contributed by atoms with van der Waals surface area (Å²) in [6.45, 7) is 0.510. The molecule has 5 heteroatoms. The summed E-state index contributed by atoms with van der Waals surface area (Å²) in [5.74, 6) is 2.96. The van der Waals surface area contributed by atoms with E-state index in [1.54, 1.807) is 13.1 Å². The first-order valence-corrected chi connectivity index (χ1v) is 9.19. The van der Waals surface area contributed by atoms with Gasteiger partial charge in [0.25, 0.3) is 5.91 Å². The Balaban J connectivity index is 1.42. The molecule has 1 atom stereocenters. The maximum atomic E-state index is 11.7. The minimum absolute atomic E-state index is 0.111. The average Bonchev–Trinajstić information content (AvgIpc) is 2.58. The van der Waals surface area contributed by atoms with Gasteiger partial charge in [0.05, 0.1) is 6.10 Å². The predicted octanol–water partition coefficient (Wildman–Crippen LogP) is 2.43. The summed E-state index contributed by atoms with van der Waals surface area (Å²) in [5.41, 5.74) is 0.506. The number of aromatic nitrogens is 1. The quantitative estimate of drug-likeness (QED) is 0.776. The number of amides is 1. The molecular weight excluding hydrogens is 302 g/mol. The zero-order chi connectivity index (χ0) is 16.7. The van der Waals surface area contributed by atoms with Crippen LogP contribution in [0.3, 0.4) is 0 Å². The van der Waals surface area contributed by atoms with Crippen LogP contribution in [0, 0.1) is 23.2 Å². The molecule has 1 aromatic heterocycles. The molecule has 0 radical (unpaired) electrons. The topological polar surface area (TPSA) is 74.2 Å². The third-order valence-electron chi connectivity index (χ3n) is 6.48. The van der Waals surface area contributed by atoms with E-state index in [9.17, 15) is 9.90 Å². The molecule has 1 amide bonds. The molecule has 4 bridgehead atoms. The molecule has 5 rings (SSSR count). The van der Waals surface area contributed by atoms with E-state index in [0.29, 0.717) is 18.1 Å². The van der Waals surface area contributed by atoms with Crippen LogP contribution in [-0.4, -0.2) is 35.7 Å². The Morgan fingerprint density at radius 2 is 1.88 bits per heavy atom. The van der Waals surface area contributed by atoms with Crippen molar-refractivity contribution in [3.05, 3.63) is 23.9 Å². The number of carbonyl (C=O) groups is 1. The Bertz CT molecular complexity index is 596. The summed E-state index contributed by atoms with van der Waals surface area (Å²) in [5, 5.41) is 16.8. The third kappa shape index (κ3) is 2.79. The first-order chi connectivity index (χ1) is 11.6. The Morgan fingerprint density at radius 3 is 2.46 bits per heavy atom. The van der Waals surface area contributed by atoms with E-state index in [-0.39, 0.29) is 17.4 Å². The van der Waals surface area contributed by atoms with Crippen LogP contribution in [0.4, 0.5) is 5.82 Å². The highest BCUT2D eigenvalue weighted by molar-refractivity contribution is 5.92. The monoisotopic (exact) mass is 329 g/mol. The van der Waals surface area contributed by atoms with Crippen molar-refractivity contribution in [3.63, 3.8) is 0 Å². The van der Waals surface area contributed by atoms with Gasteiger partial charge in [0, 0.05) is 13.6 Å². The van der Waals surface area contributed by atoms with Gasteiger partial charge in [0.1, 0.15) is 11.5 Å². The maximum absolute atomic E-state index is 11.7. The Morgan fingerprint density at radius 1 is 1.25 bits per heavy atom. The predicted molar refractivity (Wildman–Crippen MR) is 92.7 cm³/mol. The summed E-state index contributed by atoms with van der Waals surface area (Å²) in [7, 11) is 1.60. The zero-order valence-corrected chi connectivity index (χ0v) is 14.3. The standard InChI is InChI=1S/C19H27N3O2/c1-20-18(24)15-3-2-4-17(22-15)21-11-16(23)19-8-12-5-13(9-19)7-14(6-12)10-19/h2-4,12-14,16,23H,5-11H2,1H3,(H,20,24)(H,21,22). The number of pyridine rings is 1.